The number of nitrogens with zero attached hydrogens (tertiary/aromatic N) is 1. The molecular weight excluding hydrogens is 287 g/mol. The van der Waals surface area contributed by atoms with Crippen molar-refractivity contribution in [3.63, 3.8) is 0 Å². The van der Waals surface area contributed by atoms with E-state index < -0.39 is 24.7 Å². The van der Waals surface area contributed by atoms with Crippen molar-refractivity contribution < 1.29 is 22.7 Å². The van der Waals surface area contributed by atoms with Crippen molar-refractivity contribution in [2.75, 3.05) is 39.9 Å². The topological polar surface area (TPSA) is 53.6 Å². The average molecular weight is 311 g/mol. The first-order chi connectivity index (χ1) is 9.83. The summed E-state index contributed by atoms with van der Waals surface area (Å²) in [5.74, 6) is -0.610. The van der Waals surface area contributed by atoms with E-state index in [2.05, 4.69) is 5.32 Å². The minimum atomic E-state index is -4.39. The number of rotatable bonds is 8. The van der Waals surface area contributed by atoms with Crippen LogP contribution >= 0.6 is 0 Å². The van der Waals surface area contributed by atoms with Crippen LogP contribution in [-0.2, 0) is 9.53 Å². The minimum absolute atomic E-state index is 0.278. The molecule has 2 unspecified atom stereocenters. The van der Waals surface area contributed by atoms with Gasteiger partial charge in [0.2, 0.25) is 5.91 Å². The number of methoxy groups -OCH3 is 1. The highest BCUT2D eigenvalue weighted by Gasteiger charge is 2.30. The smallest absolute Gasteiger partial charge is 0.383 e. The van der Waals surface area contributed by atoms with Gasteiger partial charge in [-0.2, -0.15) is 13.2 Å². The molecule has 21 heavy (non-hydrogen) atoms. The van der Waals surface area contributed by atoms with Gasteiger partial charge in [-0.1, -0.05) is 0 Å². The third kappa shape index (κ3) is 7.10. The van der Waals surface area contributed by atoms with Gasteiger partial charge in [-0.25, -0.2) is 0 Å². The summed E-state index contributed by atoms with van der Waals surface area (Å²) in [6.07, 6.45) is -2.29. The summed E-state index contributed by atoms with van der Waals surface area (Å²) < 4.78 is 41.5. The molecule has 0 bridgehead atoms. The van der Waals surface area contributed by atoms with Crippen molar-refractivity contribution in [2.45, 2.75) is 38.0 Å². The third-order valence-corrected chi connectivity index (χ3v) is 3.59. The number of halogens is 3. The zero-order valence-corrected chi connectivity index (χ0v) is 12.5. The predicted octanol–water partition coefficient (Wildman–Crippen LogP) is 0.754. The quantitative estimate of drug-likeness (QED) is 0.695. The Morgan fingerprint density at radius 3 is 2.76 bits per heavy atom. The maximum Gasteiger partial charge on any atom is 0.405 e. The van der Waals surface area contributed by atoms with E-state index >= 15 is 0 Å². The van der Waals surface area contributed by atoms with Gasteiger partial charge in [-0.15, -0.1) is 0 Å². The van der Waals surface area contributed by atoms with E-state index in [-0.39, 0.29) is 6.04 Å². The summed E-state index contributed by atoms with van der Waals surface area (Å²) in [6, 6.07) is -0.343. The Labute approximate surface area is 123 Å². The lowest BCUT2D eigenvalue weighted by molar-refractivity contribution is -0.141. The molecule has 1 rings (SSSR count). The molecule has 0 aromatic heterocycles. The van der Waals surface area contributed by atoms with Crippen LogP contribution in [0.25, 0.3) is 0 Å². The van der Waals surface area contributed by atoms with Crippen LogP contribution in [0, 0.1) is 0 Å². The molecule has 1 amide bonds. The summed E-state index contributed by atoms with van der Waals surface area (Å²) in [4.78, 5) is 13.7. The molecule has 0 aromatic carbocycles. The number of carbonyl (C=O) groups is 1. The first-order valence-corrected chi connectivity index (χ1v) is 7.14. The van der Waals surface area contributed by atoms with Gasteiger partial charge in [0.15, 0.2) is 0 Å². The standard InChI is InChI=1S/C13H24F3N3O2/c1-10(12(20)18-9-13(14,15)16)19(6-7-21-2)8-11-4-3-5-17-11/h10-11,17H,3-9H2,1-2H3,(H,18,20). The number of amides is 1. The van der Waals surface area contributed by atoms with Crippen molar-refractivity contribution >= 4 is 5.91 Å². The Morgan fingerprint density at radius 1 is 1.52 bits per heavy atom. The fourth-order valence-electron chi connectivity index (χ4n) is 2.35. The maximum atomic E-state index is 12.2. The largest absolute Gasteiger partial charge is 0.405 e. The molecule has 2 atom stereocenters. The first-order valence-electron chi connectivity index (χ1n) is 7.14. The second kappa shape index (κ2) is 8.55. The number of nitrogens with one attached hydrogen (secondary N) is 2. The molecule has 8 heteroatoms. The zero-order valence-electron chi connectivity index (χ0n) is 12.5. The number of hydrogen-bond donors (Lipinski definition) is 2. The lowest BCUT2D eigenvalue weighted by Crippen LogP contribution is -2.51. The minimum Gasteiger partial charge on any atom is -0.383 e. The molecule has 0 saturated carbocycles. The number of hydrogen-bond acceptors (Lipinski definition) is 4. The zero-order chi connectivity index (χ0) is 15.9. The number of ether oxygens (including phenoxy) is 1. The second-order valence-corrected chi connectivity index (χ2v) is 5.29. The molecule has 5 nitrogen and oxygen atoms in total. The van der Waals surface area contributed by atoms with Crippen molar-refractivity contribution in [1.82, 2.24) is 15.5 Å². The first kappa shape index (κ1) is 18.2. The molecule has 1 saturated heterocycles. The van der Waals surface area contributed by atoms with Crippen molar-refractivity contribution in [1.29, 1.82) is 0 Å². The highest BCUT2D eigenvalue weighted by molar-refractivity contribution is 5.81. The van der Waals surface area contributed by atoms with E-state index in [1.165, 1.54) is 0 Å². The van der Waals surface area contributed by atoms with Crippen molar-refractivity contribution in [2.24, 2.45) is 0 Å². The van der Waals surface area contributed by atoms with Gasteiger partial charge in [0, 0.05) is 26.2 Å². The van der Waals surface area contributed by atoms with Crippen LogP contribution in [-0.4, -0.2) is 69.0 Å². The average Bonchev–Trinajstić information content (AvgIpc) is 2.92. The van der Waals surface area contributed by atoms with Gasteiger partial charge in [0.25, 0.3) is 0 Å². The van der Waals surface area contributed by atoms with E-state index in [9.17, 15) is 18.0 Å². The van der Waals surface area contributed by atoms with E-state index in [1.807, 2.05) is 10.2 Å². The molecule has 2 N–H and O–H groups in total. The molecule has 0 spiro atoms. The molecule has 1 heterocycles. The number of carbonyl (C=O) groups excluding carboxylic acids is 1. The molecule has 1 aliphatic heterocycles. The van der Waals surface area contributed by atoms with Crippen LogP contribution in [0.2, 0.25) is 0 Å². The Bertz CT molecular complexity index is 320. The predicted molar refractivity (Wildman–Crippen MR) is 73.0 cm³/mol. The molecular formula is C13H24F3N3O2. The fraction of sp³-hybridized carbons (Fsp3) is 0.923. The summed E-state index contributed by atoms with van der Waals surface area (Å²) >= 11 is 0. The van der Waals surface area contributed by atoms with Gasteiger partial charge >= 0.3 is 6.18 Å². The second-order valence-electron chi connectivity index (χ2n) is 5.29. The highest BCUT2D eigenvalue weighted by Crippen LogP contribution is 2.13. The van der Waals surface area contributed by atoms with E-state index in [0.29, 0.717) is 19.7 Å². The van der Waals surface area contributed by atoms with Gasteiger partial charge in [-0.05, 0) is 26.3 Å². The lowest BCUT2D eigenvalue weighted by atomic mass is 10.1. The molecule has 124 valence electrons. The summed E-state index contributed by atoms with van der Waals surface area (Å²) in [5, 5.41) is 5.26. The third-order valence-electron chi connectivity index (χ3n) is 3.59. The Balaban J connectivity index is 2.51. The van der Waals surface area contributed by atoms with Crippen LogP contribution in [0.1, 0.15) is 19.8 Å². The molecule has 1 fully saturated rings. The van der Waals surface area contributed by atoms with Gasteiger partial charge < -0.3 is 15.4 Å². The van der Waals surface area contributed by atoms with E-state index in [4.69, 9.17) is 4.74 Å². The highest BCUT2D eigenvalue weighted by atomic mass is 19.4. The van der Waals surface area contributed by atoms with E-state index in [1.54, 1.807) is 14.0 Å². The van der Waals surface area contributed by atoms with Crippen LogP contribution in [0.4, 0.5) is 13.2 Å². The maximum absolute atomic E-state index is 12.2. The number of alkyl halides is 3. The van der Waals surface area contributed by atoms with Crippen LogP contribution in [0.15, 0.2) is 0 Å². The summed E-state index contributed by atoms with van der Waals surface area (Å²) in [6.45, 7) is 2.84. The van der Waals surface area contributed by atoms with Gasteiger partial charge in [0.1, 0.15) is 6.54 Å². The van der Waals surface area contributed by atoms with Gasteiger partial charge in [-0.3, -0.25) is 9.69 Å². The summed E-state index contributed by atoms with van der Waals surface area (Å²) in [5.41, 5.74) is 0. The normalized spacial score (nSPS) is 20.8. The van der Waals surface area contributed by atoms with Crippen molar-refractivity contribution in [3.05, 3.63) is 0 Å². The monoisotopic (exact) mass is 311 g/mol. The summed E-state index contributed by atoms with van der Waals surface area (Å²) in [7, 11) is 1.56. The van der Waals surface area contributed by atoms with E-state index in [0.717, 1.165) is 19.4 Å². The molecule has 0 radical (unpaired) electrons. The lowest BCUT2D eigenvalue weighted by Gasteiger charge is -2.30. The Morgan fingerprint density at radius 2 is 2.24 bits per heavy atom. The SMILES string of the molecule is COCCN(CC1CCCN1)C(C)C(=O)NCC(F)(F)F. The molecule has 1 aliphatic rings. The molecule has 0 aliphatic carbocycles. The molecule has 0 aromatic rings. The Kier molecular flexibility index (Phi) is 7.41. The van der Waals surface area contributed by atoms with Crippen molar-refractivity contribution in [3.8, 4) is 0 Å². The van der Waals surface area contributed by atoms with Crippen LogP contribution in [0.5, 0.6) is 0 Å². The van der Waals surface area contributed by atoms with Crippen LogP contribution < -0.4 is 10.6 Å². The van der Waals surface area contributed by atoms with Crippen LogP contribution in [0.3, 0.4) is 0 Å². The fourth-order valence-corrected chi connectivity index (χ4v) is 2.35. The van der Waals surface area contributed by atoms with Gasteiger partial charge in [0.05, 0.1) is 12.6 Å². The Hall–Kier alpha value is -0.860.